The van der Waals surface area contributed by atoms with Gasteiger partial charge in [0, 0.05) is 6.61 Å². The van der Waals surface area contributed by atoms with Gasteiger partial charge in [-0.1, -0.05) is 0 Å². The van der Waals surface area contributed by atoms with Crippen LogP contribution in [0.25, 0.3) is 0 Å². The summed E-state index contributed by atoms with van der Waals surface area (Å²) in [5.74, 6) is -1.78. The quantitative estimate of drug-likeness (QED) is 0.357. The van der Waals surface area contributed by atoms with Crippen LogP contribution in [0, 0.1) is 0 Å². The average Bonchev–Trinajstić information content (AvgIpc) is 2.02. The second-order valence-electron chi connectivity index (χ2n) is 2.59. The van der Waals surface area contributed by atoms with Crippen LogP contribution in [0.2, 0.25) is 0 Å². The topological polar surface area (TPSA) is 113 Å². The van der Waals surface area contributed by atoms with Crippen LogP contribution in [0.15, 0.2) is 0 Å². The van der Waals surface area contributed by atoms with Gasteiger partial charge in [-0.15, -0.1) is 0 Å². The number of carbonyl (C=O) groups excluding carboxylic acids is 1. The first-order valence-corrected chi connectivity index (χ1v) is 3.93. The van der Waals surface area contributed by atoms with E-state index in [2.05, 4.69) is 5.32 Å². The number of amides is 1. The number of carboxylic acids is 1. The Morgan fingerprint density at radius 3 is 2.46 bits per heavy atom. The highest BCUT2D eigenvalue weighted by atomic mass is 16.4. The first-order chi connectivity index (χ1) is 6.07. The van der Waals surface area contributed by atoms with E-state index in [4.69, 9.17) is 15.9 Å². The number of hydrogen-bond acceptors (Lipinski definition) is 4. The van der Waals surface area contributed by atoms with Crippen molar-refractivity contribution < 1.29 is 19.8 Å². The summed E-state index contributed by atoms with van der Waals surface area (Å²) < 4.78 is 0. The van der Waals surface area contributed by atoms with Crippen LogP contribution in [0.1, 0.15) is 12.8 Å². The summed E-state index contributed by atoms with van der Waals surface area (Å²) in [5.41, 5.74) is 4.84. The fourth-order valence-electron chi connectivity index (χ4n) is 0.803. The molecule has 6 nitrogen and oxygen atoms in total. The van der Waals surface area contributed by atoms with Gasteiger partial charge in [0.15, 0.2) is 0 Å². The zero-order valence-corrected chi connectivity index (χ0v) is 7.19. The Hall–Kier alpha value is -1.14. The molecule has 0 aromatic rings. The van der Waals surface area contributed by atoms with Crippen molar-refractivity contribution in [2.45, 2.75) is 18.9 Å². The molecule has 0 aliphatic carbocycles. The number of hydrogen-bond donors (Lipinski definition) is 4. The maximum atomic E-state index is 10.5. The molecule has 0 aliphatic rings. The van der Waals surface area contributed by atoms with Crippen molar-refractivity contribution in [1.29, 1.82) is 0 Å². The number of aliphatic hydroxyl groups is 1. The number of aliphatic carboxylic acids is 1. The number of aliphatic hydroxyl groups excluding tert-OH is 1. The van der Waals surface area contributed by atoms with Crippen LogP contribution in [-0.4, -0.2) is 41.3 Å². The molecule has 0 heterocycles. The summed E-state index contributed by atoms with van der Waals surface area (Å²) in [7, 11) is 0. The van der Waals surface area contributed by atoms with Crippen LogP contribution in [0.4, 0.5) is 0 Å². The molecule has 1 atom stereocenters. The van der Waals surface area contributed by atoms with Gasteiger partial charge in [-0.25, -0.2) is 0 Å². The smallest absolute Gasteiger partial charge is 0.321 e. The van der Waals surface area contributed by atoms with Gasteiger partial charge < -0.3 is 21.3 Å². The van der Waals surface area contributed by atoms with Gasteiger partial charge in [0.25, 0.3) is 0 Å². The Morgan fingerprint density at radius 2 is 2.08 bits per heavy atom. The van der Waals surface area contributed by atoms with E-state index in [0.29, 0.717) is 13.0 Å². The third kappa shape index (κ3) is 6.06. The molecule has 0 aliphatic heterocycles. The molecule has 0 aromatic heterocycles. The summed E-state index contributed by atoms with van der Waals surface area (Å²) in [6.07, 6.45) is 0.212. The predicted octanol–water partition coefficient (Wildman–Crippen LogP) is -1.71. The van der Waals surface area contributed by atoms with Crippen LogP contribution in [0.5, 0.6) is 0 Å². The number of nitrogens with two attached hydrogens (primary N) is 1. The summed E-state index contributed by atoms with van der Waals surface area (Å²) >= 11 is 0. The van der Waals surface area contributed by atoms with Gasteiger partial charge in [0.1, 0.15) is 6.04 Å². The Labute approximate surface area is 75.7 Å². The van der Waals surface area contributed by atoms with Crippen molar-refractivity contribution >= 4 is 11.9 Å². The van der Waals surface area contributed by atoms with E-state index in [1.54, 1.807) is 0 Å². The number of nitrogens with one attached hydrogen (secondary N) is 1. The predicted molar refractivity (Wildman–Crippen MR) is 44.9 cm³/mol. The molecule has 13 heavy (non-hydrogen) atoms. The average molecular weight is 190 g/mol. The number of carbonyl (C=O) groups is 2. The van der Waals surface area contributed by atoms with Crippen molar-refractivity contribution in [3.05, 3.63) is 0 Å². The highest BCUT2D eigenvalue weighted by Gasteiger charge is 2.18. The Balaban J connectivity index is 3.81. The van der Waals surface area contributed by atoms with E-state index in [1.807, 2.05) is 0 Å². The Morgan fingerprint density at radius 1 is 1.46 bits per heavy atom. The third-order valence-corrected chi connectivity index (χ3v) is 1.43. The van der Waals surface area contributed by atoms with Gasteiger partial charge in [0.05, 0.1) is 6.42 Å². The molecule has 0 saturated heterocycles. The maximum Gasteiger partial charge on any atom is 0.321 e. The first-order valence-electron chi connectivity index (χ1n) is 3.93. The Kier molecular flexibility index (Phi) is 5.82. The Bertz CT molecular complexity index is 183. The van der Waals surface area contributed by atoms with Gasteiger partial charge in [-0.05, 0) is 13.0 Å². The molecule has 5 N–H and O–H groups in total. The lowest BCUT2D eigenvalue weighted by Crippen LogP contribution is -2.40. The minimum absolute atomic E-state index is 0.0179. The summed E-state index contributed by atoms with van der Waals surface area (Å²) in [6, 6.07) is -0.955. The van der Waals surface area contributed by atoms with E-state index < -0.39 is 17.9 Å². The summed E-state index contributed by atoms with van der Waals surface area (Å²) in [6.45, 7) is 0.330. The third-order valence-electron chi connectivity index (χ3n) is 1.43. The summed E-state index contributed by atoms with van der Waals surface area (Å²) in [5, 5.41) is 19.6. The molecule has 0 saturated carbocycles. The molecule has 0 bridgehead atoms. The van der Waals surface area contributed by atoms with E-state index in [1.165, 1.54) is 0 Å². The molecule has 0 spiro atoms. The van der Waals surface area contributed by atoms with Crippen molar-refractivity contribution in [3.8, 4) is 0 Å². The lowest BCUT2D eigenvalue weighted by atomic mass is 10.2. The number of carboxylic acid groups (broad SMARTS) is 1. The van der Waals surface area contributed by atoms with Gasteiger partial charge in [-0.2, -0.15) is 0 Å². The minimum atomic E-state index is -1.11. The number of rotatable bonds is 7. The molecule has 0 radical (unpaired) electrons. The monoisotopic (exact) mass is 190 g/mol. The van der Waals surface area contributed by atoms with Gasteiger partial charge in [0.2, 0.25) is 5.91 Å². The second-order valence-corrected chi connectivity index (χ2v) is 2.59. The molecule has 6 heteroatoms. The molecule has 0 fully saturated rings. The fourth-order valence-corrected chi connectivity index (χ4v) is 0.803. The van der Waals surface area contributed by atoms with Crippen molar-refractivity contribution in [3.63, 3.8) is 0 Å². The van der Waals surface area contributed by atoms with Crippen LogP contribution in [-0.2, 0) is 9.59 Å². The maximum absolute atomic E-state index is 10.5. The number of primary amides is 1. The molecule has 0 aromatic carbocycles. The van der Waals surface area contributed by atoms with Crippen LogP contribution < -0.4 is 11.1 Å². The highest BCUT2D eigenvalue weighted by molar-refractivity contribution is 5.83. The standard InChI is InChI=1S/C7H14N2O4/c8-6(11)4-5(7(12)13)9-2-1-3-10/h5,9-10H,1-4H2,(H2,8,11)(H,12,13). The van der Waals surface area contributed by atoms with Crippen molar-refractivity contribution in [1.82, 2.24) is 5.32 Å². The van der Waals surface area contributed by atoms with E-state index in [9.17, 15) is 9.59 Å². The largest absolute Gasteiger partial charge is 0.480 e. The highest BCUT2D eigenvalue weighted by Crippen LogP contribution is 1.91. The lowest BCUT2D eigenvalue weighted by molar-refractivity contribution is -0.141. The normalized spacial score (nSPS) is 12.4. The van der Waals surface area contributed by atoms with Crippen LogP contribution in [0.3, 0.4) is 0 Å². The van der Waals surface area contributed by atoms with Crippen LogP contribution >= 0.6 is 0 Å². The zero-order chi connectivity index (χ0) is 10.3. The second kappa shape index (κ2) is 6.38. The molecular formula is C7H14N2O4. The van der Waals surface area contributed by atoms with Gasteiger partial charge in [-0.3, -0.25) is 9.59 Å². The van der Waals surface area contributed by atoms with Crippen molar-refractivity contribution in [2.24, 2.45) is 5.73 Å². The minimum Gasteiger partial charge on any atom is -0.480 e. The SMILES string of the molecule is NC(=O)CC(NCCCO)C(=O)O. The molecule has 1 unspecified atom stereocenters. The molecule has 0 rings (SSSR count). The summed E-state index contributed by atoms with van der Waals surface area (Å²) in [4.78, 5) is 20.9. The molecule has 1 amide bonds. The zero-order valence-electron chi connectivity index (χ0n) is 7.19. The lowest BCUT2D eigenvalue weighted by Gasteiger charge is -2.11. The first kappa shape index (κ1) is 11.9. The molecule has 76 valence electrons. The van der Waals surface area contributed by atoms with E-state index in [-0.39, 0.29) is 13.0 Å². The van der Waals surface area contributed by atoms with E-state index in [0.717, 1.165) is 0 Å². The van der Waals surface area contributed by atoms with Gasteiger partial charge >= 0.3 is 5.97 Å². The molecular weight excluding hydrogens is 176 g/mol. The van der Waals surface area contributed by atoms with Crippen molar-refractivity contribution in [2.75, 3.05) is 13.2 Å². The fraction of sp³-hybridized carbons (Fsp3) is 0.714. The van der Waals surface area contributed by atoms with E-state index >= 15 is 0 Å².